The topological polar surface area (TPSA) is 64.9 Å². The molecule has 0 aromatic heterocycles. The summed E-state index contributed by atoms with van der Waals surface area (Å²) < 4.78 is 39.9. The van der Waals surface area contributed by atoms with Gasteiger partial charge < -0.3 is 10.6 Å². The Bertz CT molecular complexity index is 901. The van der Waals surface area contributed by atoms with E-state index < -0.39 is 17.6 Å². The van der Waals surface area contributed by atoms with Crippen molar-refractivity contribution in [2.24, 2.45) is 0 Å². The first-order valence-corrected chi connectivity index (χ1v) is 8.41. The Hall–Kier alpha value is -2.54. The summed E-state index contributed by atoms with van der Waals surface area (Å²) in [7, 11) is 0. The van der Waals surface area contributed by atoms with Gasteiger partial charge in [0.25, 0.3) is 5.91 Å². The molecule has 0 saturated carbocycles. The van der Waals surface area contributed by atoms with Crippen molar-refractivity contribution in [2.75, 3.05) is 10.6 Å². The summed E-state index contributed by atoms with van der Waals surface area (Å²) in [5.74, 6) is -0.714. The van der Waals surface area contributed by atoms with E-state index in [4.69, 9.17) is 5.26 Å². The number of nitrogens with one attached hydrogen (secondary N) is 2. The Balaban J connectivity index is 2.21. The van der Waals surface area contributed by atoms with Gasteiger partial charge in [-0.05, 0) is 65.4 Å². The quantitative estimate of drug-likeness (QED) is 0.372. The Labute approximate surface area is 161 Å². The molecule has 0 unspecified atom stereocenters. The summed E-state index contributed by atoms with van der Waals surface area (Å²) in [6, 6.07) is 11.8. The fourth-order valence-corrected chi connectivity index (χ4v) is 2.76. The Morgan fingerprint density at radius 3 is 2.50 bits per heavy atom. The molecule has 134 valence electrons. The molecule has 0 fully saturated rings. The summed E-state index contributed by atoms with van der Waals surface area (Å²) >= 11 is 2.13. The third kappa shape index (κ3) is 4.98. The highest BCUT2D eigenvalue weighted by atomic mass is 127. The van der Waals surface area contributed by atoms with Crippen LogP contribution in [0.15, 0.2) is 54.2 Å². The van der Waals surface area contributed by atoms with Crippen LogP contribution in [0.1, 0.15) is 11.1 Å². The molecule has 26 heavy (non-hydrogen) atoms. The first-order chi connectivity index (χ1) is 12.2. The van der Waals surface area contributed by atoms with Crippen molar-refractivity contribution in [1.29, 1.82) is 5.26 Å². The van der Waals surface area contributed by atoms with Crippen LogP contribution < -0.4 is 10.6 Å². The number of anilines is 2. The number of nitrogens with zero attached hydrogens (tertiary/aromatic N) is 1. The van der Waals surface area contributed by atoms with Crippen LogP contribution >= 0.6 is 22.6 Å². The van der Waals surface area contributed by atoms with Crippen LogP contribution in [0.3, 0.4) is 0 Å². The van der Waals surface area contributed by atoms with Gasteiger partial charge in [0.05, 0.1) is 11.3 Å². The van der Waals surface area contributed by atoms with Crippen molar-refractivity contribution in [2.45, 2.75) is 13.1 Å². The van der Waals surface area contributed by atoms with Crippen molar-refractivity contribution in [3.05, 3.63) is 68.9 Å². The molecule has 0 saturated heterocycles. The standard InChI is InChI=1S/C18H13F3IN3O/c1-11-8-13(22)6-7-15(11)25-17(26)12(9-23)10-24-16-5-3-2-4-14(16)18(19,20)21/h2-8,10,24H,1H3,(H,25,26)/b12-10-. The van der Waals surface area contributed by atoms with Crippen molar-refractivity contribution in [3.8, 4) is 6.07 Å². The van der Waals surface area contributed by atoms with E-state index in [1.165, 1.54) is 18.2 Å². The van der Waals surface area contributed by atoms with E-state index in [0.29, 0.717) is 5.69 Å². The van der Waals surface area contributed by atoms with Crippen molar-refractivity contribution >= 4 is 39.9 Å². The lowest BCUT2D eigenvalue weighted by molar-refractivity contribution is -0.136. The minimum atomic E-state index is -4.55. The summed E-state index contributed by atoms with van der Waals surface area (Å²) in [6.45, 7) is 1.80. The molecular weight excluding hydrogens is 458 g/mol. The van der Waals surface area contributed by atoms with Gasteiger partial charge in [-0.2, -0.15) is 18.4 Å². The number of amides is 1. The molecule has 0 radical (unpaired) electrons. The third-order valence-electron chi connectivity index (χ3n) is 3.41. The number of halogens is 4. The molecule has 0 spiro atoms. The number of hydrogen-bond donors (Lipinski definition) is 2. The molecule has 2 aromatic carbocycles. The summed E-state index contributed by atoms with van der Waals surface area (Å²) in [4.78, 5) is 12.2. The molecule has 2 N–H and O–H groups in total. The highest BCUT2D eigenvalue weighted by Crippen LogP contribution is 2.34. The molecular formula is C18H13F3IN3O. The number of aryl methyl sites for hydroxylation is 1. The minimum Gasteiger partial charge on any atom is -0.360 e. The summed E-state index contributed by atoms with van der Waals surface area (Å²) in [5, 5.41) is 14.1. The van der Waals surface area contributed by atoms with Gasteiger partial charge >= 0.3 is 6.18 Å². The molecule has 2 aromatic rings. The number of rotatable bonds is 4. The van der Waals surface area contributed by atoms with Crippen molar-refractivity contribution in [1.82, 2.24) is 0 Å². The van der Waals surface area contributed by atoms with E-state index in [1.54, 1.807) is 25.1 Å². The molecule has 0 atom stereocenters. The normalized spacial score (nSPS) is 11.6. The van der Waals surface area contributed by atoms with E-state index >= 15 is 0 Å². The number of para-hydroxylation sites is 1. The fraction of sp³-hybridized carbons (Fsp3) is 0.111. The van der Waals surface area contributed by atoms with Crippen LogP contribution in [0, 0.1) is 21.8 Å². The van der Waals surface area contributed by atoms with E-state index in [1.807, 2.05) is 6.07 Å². The molecule has 0 heterocycles. The van der Waals surface area contributed by atoms with Crippen molar-refractivity contribution < 1.29 is 18.0 Å². The number of carbonyl (C=O) groups is 1. The van der Waals surface area contributed by atoms with E-state index in [9.17, 15) is 18.0 Å². The lowest BCUT2D eigenvalue weighted by atomic mass is 10.1. The Morgan fingerprint density at radius 2 is 1.88 bits per heavy atom. The number of benzene rings is 2. The predicted octanol–water partition coefficient (Wildman–Crippen LogP) is 5.08. The second-order valence-corrected chi connectivity index (χ2v) is 6.52. The zero-order valence-electron chi connectivity index (χ0n) is 13.5. The average molecular weight is 471 g/mol. The smallest absolute Gasteiger partial charge is 0.360 e. The molecule has 2 rings (SSSR count). The van der Waals surface area contributed by atoms with Gasteiger partial charge in [-0.25, -0.2) is 0 Å². The maximum atomic E-state index is 13.0. The van der Waals surface area contributed by atoms with Gasteiger partial charge in [-0.1, -0.05) is 12.1 Å². The highest BCUT2D eigenvalue weighted by molar-refractivity contribution is 14.1. The minimum absolute atomic E-state index is 0.244. The Morgan fingerprint density at radius 1 is 1.19 bits per heavy atom. The zero-order valence-corrected chi connectivity index (χ0v) is 15.6. The number of hydrogen-bond acceptors (Lipinski definition) is 3. The van der Waals surface area contributed by atoms with Crippen LogP contribution in [0.25, 0.3) is 0 Å². The van der Waals surface area contributed by atoms with E-state index in [-0.39, 0.29) is 11.3 Å². The highest BCUT2D eigenvalue weighted by Gasteiger charge is 2.33. The van der Waals surface area contributed by atoms with Crippen LogP contribution in [-0.4, -0.2) is 5.91 Å². The SMILES string of the molecule is Cc1cc(I)ccc1NC(=O)/C(C#N)=C\Nc1ccccc1C(F)(F)F. The average Bonchev–Trinajstić information content (AvgIpc) is 2.57. The van der Waals surface area contributed by atoms with Crippen LogP contribution in [0.5, 0.6) is 0 Å². The largest absolute Gasteiger partial charge is 0.418 e. The number of nitriles is 1. The molecule has 0 aliphatic heterocycles. The van der Waals surface area contributed by atoms with Gasteiger partial charge in [-0.15, -0.1) is 0 Å². The monoisotopic (exact) mass is 471 g/mol. The molecule has 0 bridgehead atoms. The maximum Gasteiger partial charge on any atom is 0.418 e. The second kappa shape index (κ2) is 8.23. The van der Waals surface area contributed by atoms with Crippen LogP contribution in [0.4, 0.5) is 24.5 Å². The van der Waals surface area contributed by atoms with Gasteiger partial charge in [0.2, 0.25) is 0 Å². The lowest BCUT2D eigenvalue weighted by Gasteiger charge is -2.12. The van der Waals surface area contributed by atoms with Gasteiger partial charge in [0.15, 0.2) is 0 Å². The Kier molecular flexibility index (Phi) is 6.26. The van der Waals surface area contributed by atoms with Gasteiger partial charge in [0.1, 0.15) is 11.6 Å². The molecule has 0 aliphatic carbocycles. The molecule has 1 amide bonds. The molecule has 8 heteroatoms. The zero-order chi connectivity index (χ0) is 19.3. The van der Waals surface area contributed by atoms with Crippen LogP contribution in [0.2, 0.25) is 0 Å². The van der Waals surface area contributed by atoms with Gasteiger partial charge in [-0.3, -0.25) is 4.79 Å². The van der Waals surface area contributed by atoms with Crippen LogP contribution in [-0.2, 0) is 11.0 Å². The predicted molar refractivity (Wildman–Crippen MR) is 101 cm³/mol. The number of carbonyl (C=O) groups excluding carboxylic acids is 1. The lowest BCUT2D eigenvalue weighted by Crippen LogP contribution is -2.16. The second-order valence-electron chi connectivity index (χ2n) is 5.27. The first-order valence-electron chi connectivity index (χ1n) is 7.33. The molecule has 0 aliphatic rings. The van der Waals surface area contributed by atoms with E-state index in [2.05, 4.69) is 33.2 Å². The number of alkyl halides is 3. The third-order valence-corrected chi connectivity index (χ3v) is 4.08. The first kappa shape index (κ1) is 19.8. The fourth-order valence-electron chi connectivity index (χ4n) is 2.11. The van der Waals surface area contributed by atoms with Crippen molar-refractivity contribution in [3.63, 3.8) is 0 Å². The summed E-state index contributed by atoms with van der Waals surface area (Å²) in [5.41, 5.74) is -0.154. The maximum absolute atomic E-state index is 13.0. The molecule has 4 nitrogen and oxygen atoms in total. The van der Waals surface area contributed by atoms with E-state index in [0.717, 1.165) is 21.4 Å². The van der Waals surface area contributed by atoms with Gasteiger partial charge in [0, 0.05) is 15.5 Å². The summed E-state index contributed by atoms with van der Waals surface area (Å²) in [6.07, 6.45) is -3.59.